The molecule has 0 spiro atoms. The van der Waals surface area contributed by atoms with Crippen LogP contribution >= 0.6 is 0 Å². The number of hydrogen-bond acceptors (Lipinski definition) is 4. The molecule has 0 fully saturated rings. The Kier molecular flexibility index (Phi) is 6.81. The zero-order valence-corrected chi connectivity index (χ0v) is 16.6. The molecular formula is C23H25N3O3. The van der Waals surface area contributed by atoms with Gasteiger partial charge in [0.05, 0.1) is 36.6 Å². The molecule has 1 heterocycles. The number of benzene rings is 2. The first-order chi connectivity index (χ1) is 14.0. The van der Waals surface area contributed by atoms with E-state index < -0.39 is 0 Å². The maximum Gasteiger partial charge on any atom is 0.253 e. The van der Waals surface area contributed by atoms with Crippen LogP contribution in [0, 0.1) is 0 Å². The van der Waals surface area contributed by atoms with E-state index in [-0.39, 0.29) is 24.4 Å². The molecule has 3 rings (SSSR count). The van der Waals surface area contributed by atoms with Crippen molar-refractivity contribution in [2.75, 3.05) is 18.9 Å². The second kappa shape index (κ2) is 9.71. The SMILES string of the molecule is CC(NC(=O)c1ccccc1NC(=O)CN(C)Cc1ccco1)c1ccccc1. The van der Waals surface area contributed by atoms with E-state index in [0.717, 1.165) is 11.3 Å². The lowest BCUT2D eigenvalue weighted by atomic mass is 10.1. The van der Waals surface area contributed by atoms with Crippen LogP contribution in [0.1, 0.15) is 34.6 Å². The van der Waals surface area contributed by atoms with Crippen molar-refractivity contribution in [1.29, 1.82) is 0 Å². The van der Waals surface area contributed by atoms with E-state index >= 15 is 0 Å². The van der Waals surface area contributed by atoms with Gasteiger partial charge in [-0.1, -0.05) is 42.5 Å². The van der Waals surface area contributed by atoms with Gasteiger partial charge in [-0.05, 0) is 43.8 Å². The van der Waals surface area contributed by atoms with Gasteiger partial charge in [0.25, 0.3) is 5.91 Å². The summed E-state index contributed by atoms with van der Waals surface area (Å²) in [6.45, 7) is 2.63. The molecule has 0 saturated carbocycles. The summed E-state index contributed by atoms with van der Waals surface area (Å²) >= 11 is 0. The van der Waals surface area contributed by atoms with E-state index in [2.05, 4.69) is 10.6 Å². The molecule has 2 N–H and O–H groups in total. The Hall–Kier alpha value is -3.38. The van der Waals surface area contributed by atoms with E-state index in [9.17, 15) is 9.59 Å². The van der Waals surface area contributed by atoms with Gasteiger partial charge in [-0.2, -0.15) is 0 Å². The van der Waals surface area contributed by atoms with Gasteiger partial charge in [0.15, 0.2) is 0 Å². The van der Waals surface area contributed by atoms with Gasteiger partial charge < -0.3 is 15.1 Å². The summed E-state index contributed by atoms with van der Waals surface area (Å²) in [5.41, 5.74) is 1.93. The number of hydrogen-bond donors (Lipinski definition) is 2. The molecule has 6 heteroatoms. The highest BCUT2D eigenvalue weighted by Crippen LogP contribution is 2.18. The fraction of sp³-hybridized carbons (Fsp3) is 0.217. The van der Waals surface area contributed by atoms with Crippen molar-refractivity contribution in [1.82, 2.24) is 10.2 Å². The summed E-state index contributed by atoms with van der Waals surface area (Å²) in [7, 11) is 1.84. The number of anilines is 1. The predicted molar refractivity (Wildman–Crippen MR) is 112 cm³/mol. The number of nitrogens with one attached hydrogen (secondary N) is 2. The van der Waals surface area contributed by atoms with Crippen molar-refractivity contribution in [3.05, 3.63) is 89.9 Å². The van der Waals surface area contributed by atoms with Gasteiger partial charge in [-0.3, -0.25) is 14.5 Å². The van der Waals surface area contributed by atoms with Crippen molar-refractivity contribution in [3.63, 3.8) is 0 Å². The van der Waals surface area contributed by atoms with Gasteiger partial charge in [-0.25, -0.2) is 0 Å². The monoisotopic (exact) mass is 391 g/mol. The van der Waals surface area contributed by atoms with Gasteiger partial charge in [-0.15, -0.1) is 0 Å². The Morgan fingerprint density at radius 2 is 1.72 bits per heavy atom. The second-order valence-corrected chi connectivity index (χ2v) is 6.95. The maximum absolute atomic E-state index is 12.8. The molecule has 150 valence electrons. The number of rotatable bonds is 8. The minimum Gasteiger partial charge on any atom is -0.468 e. The number of furan rings is 1. The first-order valence-electron chi connectivity index (χ1n) is 9.48. The maximum atomic E-state index is 12.8. The topological polar surface area (TPSA) is 74.6 Å². The third-order valence-electron chi connectivity index (χ3n) is 4.51. The minimum atomic E-state index is -0.235. The van der Waals surface area contributed by atoms with Crippen LogP contribution in [0.3, 0.4) is 0 Å². The predicted octanol–water partition coefficient (Wildman–Crippen LogP) is 3.84. The molecule has 29 heavy (non-hydrogen) atoms. The Morgan fingerprint density at radius 3 is 2.45 bits per heavy atom. The van der Waals surface area contributed by atoms with Crippen molar-refractivity contribution < 1.29 is 14.0 Å². The first kappa shape index (κ1) is 20.4. The molecule has 1 unspecified atom stereocenters. The van der Waals surface area contributed by atoms with Gasteiger partial charge in [0.2, 0.25) is 5.91 Å². The number of nitrogens with zero attached hydrogens (tertiary/aromatic N) is 1. The molecule has 3 aromatic rings. The highest BCUT2D eigenvalue weighted by atomic mass is 16.3. The molecule has 1 aromatic heterocycles. The lowest BCUT2D eigenvalue weighted by Gasteiger charge is -2.18. The zero-order chi connectivity index (χ0) is 20.6. The van der Waals surface area contributed by atoms with Crippen LogP contribution in [0.15, 0.2) is 77.4 Å². The lowest BCUT2D eigenvalue weighted by Crippen LogP contribution is -2.31. The number of likely N-dealkylation sites (N-methyl/N-ethyl adjacent to an activating group) is 1. The van der Waals surface area contributed by atoms with Crippen molar-refractivity contribution in [2.45, 2.75) is 19.5 Å². The second-order valence-electron chi connectivity index (χ2n) is 6.95. The minimum absolute atomic E-state index is 0.146. The normalized spacial score (nSPS) is 11.8. The number of carbonyl (C=O) groups is 2. The van der Waals surface area contributed by atoms with Crippen LogP contribution in [-0.2, 0) is 11.3 Å². The lowest BCUT2D eigenvalue weighted by molar-refractivity contribution is -0.117. The average Bonchev–Trinajstić information content (AvgIpc) is 3.21. The van der Waals surface area contributed by atoms with E-state index in [1.54, 1.807) is 30.5 Å². The Bertz CT molecular complexity index is 939. The van der Waals surface area contributed by atoms with Crippen LogP contribution < -0.4 is 10.6 Å². The van der Waals surface area contributed by atoms with Crippen molar-refractivity contribution in [3.8, 4) is 0 Å². The quantitative estimate of drug-likeness (QED) is 0.612. The summed E-state index contributed by atoms with van der Waals surface area (Å²) in [6, 6.07) is 20.3. The summed E-state index contributed by atoms with van der Waals surface area (Å²) in [4.78, 5) is 27.1. The number of amides is 2. The fourth-order valence-corrected chi connectivity index (χ4v) is 3.05. The molecule has 0 aliphatic carbocycles. The Balaban J connectivity index is 1.62. The van der Waals surface area contributed by atoms with Crippen molar-refractivity contribution >= 4 is 17.5 Å². The van der Waals surface area contributed by atoms with Crippen LogP contribution in [0.5, 0.6) is 0 Å². The third kappa shape index (κ3) is 5.80. The third-order valence-corrected chi connectivity index (χ3v) is 4.51. The summed E-state index contributed by atoms with van der Waals surface area (Å²) in [5, 5.41) is 5.83. The van der Waals surface area contributed by atoms with Crippen LogP contribution in [0.2, 0.25) is 0 Å². The molecule has 0 saturated heterocycles. The van der Waals surface area contributed by atoms with Crippen LogP contribution in [0.25, 0.3) is 0 Å². The smallest absolute Gasteiger partial charge is 0.253 e. The number of para-hydroxylation sites is 1. The Morgan fingerprint density at radius 1 is 1.00 bits per heavy atom. The average molecular weight is 391 g/mol. The molecular weight excluding hydrogens is 366 g/mol. The van der Waals surface area contributed by atoms with E-state index in [0.29, 0.717) is 17.8 Å². The van der Waals surface area contributed by atoms with Gasteiger partial charge >= 0.3 is 0 Å². The molecule has 2 amide bonds. The highest BCUT2D eigenvalue weighted by Gasteiger charge is 2.16. The molecule has 0 radical (unpaired) electrons. The zero-order valence-electron chi connectivity index (χ0n) is 16.6. The molecule has 0 bridgehead atoms. The number of carbonyl (C=O) groups excluding carboxylic acids is 2. The Labute approximate surface area is 170 Å². The van der Waals surface area contributed by atoms with Crippen LogP contribution in [0.4, 0.5) is 5.69 Å². The summed E-state index contributed by atoms with van der Waals surface area (Å²) in [6.07, 6.45) is 1.61. The van der Waals surface area contributed by atoms with Crippen molar-refractivity contribution in [2.24, 2.45) is 0 Å². The van der Waals surface area contributed by atoms with E-state index in [1.165, 1.54) is 0 Å². The largest absolute Gasteiger partial charge is 0.468 e. The fourth-order valence-electron chi connectivity index (χ4n) is 3.05. The molecule has 0 aliphatic rings. The van der Waals surface area contributed by atoms with Gasteiger partial charge in [0.1, 0.15) is 5.76 Å². The molecule has 0 aliphatic heterocycles. The standard InChI is InChI=1S/C23H25N3O3/c1-17(18-9-4-3-5-10-18)24-23(28)20-12-6-7-13-21(20)25-22(27)16-26(2)15-19-11-8-14-29-19/h3-14,17H,15-16H2,1-2H3,(H,24,28)(H,25,27). The molecule has 1 atom stereocenters. The van der Waals surface area contributed by atoms with Gasteiger partial charge in [0, 0.05) is 0 Å². The van der Waals surface area contributed by atoms with Crippen LogP contribution in [-0.4, -0.2) is 30.3 Å². The highest BCUT2D eigenvalue weighted by molar-refractivity contribution is 6.04. The summed E-state index contributed by atoms with van der Waals surface area (Å²) < 4.78 is 5.30. The van der Waals surface area contributed by atoms with E-state index in [4.69, 9.17) is 4.42 Å². The molecule has 6 nitrogen and oxygen atoms in total. The first-order valence-corrected chi connectivity index (χ1v) is 9.48. The molecule has 2 aromatic carbocycles. The van der Waals surface area contributed by atoms with E-state index in [1.807, 2.05) is 61.3 Å². The summed E-state index contributed by atoms with van der Waals surface area (Å²) in [5.74, 6) is 0.353.